The number of benzene rings is 1. The summed E-state index contributed by atoms with van der Waals surface area (Å²) in [4.78, 5) is 24.0. The third-order valence-electron chi connectivity index (χ3n) is 2.93. The average Bonchev–Trinajstić information content (AvgIpc) is 2.69. The van der Waals surface area contributed by atoms with Crippen LogP contribution in [-0.2, 0) is 0 Å². The van der Waals surface area contributed by atoms with Gasteiger partial charge in [0.25, 0.3) is 5.91 Å². The fourth-order valence-electron chi connectivity index (χ4n) is 1.87. The van der Waals surface area contributed by atoms with E-state index in [4.69, 9.17) is 5.11 Å². The van der Waals surface area contributed by atoms with E-state index in [0.717, 1.165) is 0 Å². The summed E-state index contributed by atoms with van der Waals surface area (Å²) in [5.74, 6) is -1.39. The number of rotatable bonds is 2. The molecule has 1 aliphatic rings. The van der Waals surface area contributed by atoms with Crippen molar-refractivity contribution in [2.45, 2.75) is 12.2 Å². The highest BCUT2D eigenvalue weighted by Crippen LogP contribution is 2.14. The van der Waals surface area contributed by atoms with Gasteiger partial charge < -0.3 is 20.2 Å². The molecule has 6 heteroatoms. The van der Waals surface area contributed by atoms with Crippen LogP contribution in [0.25, 0.3) is 0 Å². The number of amides is 1. The first-order valence-corrected chi connectivity index (χ1v) is 5.48. The van der Waals surface area contributed by atoms with Gasteiger partial charge in [0.15, 0.2) is 0 Å². The molecule has 1 aromatic carbocycles. The Morgan fingerprint density at radius 1 is 1.00 bits per heavy atom. The zero-order chi connectivity index (χ0) is 13.3. The Bertz CT molecular complexity index is 460. The molecule has 1 fully saturated rings. The summed E-state index contributed by atoms with van der Waals surface area (Å²) in [5.41, 5.74) is 0.439. The fraction of sp³-hybridized carbons (Fsp3) is 0.333. The van der Waals surface area contributed by atoms with E-state index in [2.05, 4.69) is 0 Å². The van der Waals surface area contributed by atoms with Crippen molar-refractivity contribution in [3.63, 3.8) is 0 Å². The molecule has 6 nitrogen and oxygen atoms in total. The quantitative estimate of drug-likeness (QED) is 0.662. The van der Waals surface area contributed by atoms with Gasteiger partial charge in [0.2, 0.25) is 0 Å². The van der Waals surface area contributed by atoms with Crippen LogP contribution < -0.4 is 0 Å². The molecule has 2 atom stereocenters. The standard InChI is InChI=1S/C12H13NO5/c14-9-5-13(6-10(9)15)11(16)7-1-3-8(4-2-7)12(17)18/h1-4,9-10,14-15H,5-6H2,(H,17,18). The number of hydrogen-bond acceptors (Lipinski definition) is 4. The van der Waals surface area contributed by atoms with Gasteiger partial charge >= 0.3 is 5.97 Å². The minimum absolute atomic E-state index is 0.0840. The summed E-state index contributed by atoms with van der Waals surface area (Å²) in [6, 6.07) is 5.53. The van der Waals surface area contributed by atoms with Crippen molar-refractivity contribution in [3.8, 4) is 0 Å². The first-order chi connectivity index (χ1) is 8.49. The largest absolute Gasteiger partial charge is 0.478 e. The molecule has 1 heterocycles. The monoisotopic (exact) mass is 251 g/mol. The summed E-state index contributed by atoms with van der Waals surface area (Å²) in [6.07, 6.45) is -1.85. The smallest absolute Gasteiger partial charge is 0.335 e. The lowest BCUT2D eigenvalue weighted by atomic mass is 10.1. The van der Waals surface area contributed by atoms with Gasteiger partial charge in [-0.15, -0.1) is 0 Å². The molecule has 0 bridgehead atoms. The minimum Gasteiger partial charge on any atom is -0.478 e. The normalized spacial score (nSPS) is 23.1. The Kier molecular flexibility index (Phi) is 3.31. The van der Waals surface area contributed by atoms with Crippen LogP contribution in [0.2, 0.25) is 0 Å². The predicted octanol–water partition coefficient (Wildman–Crippen LogP) is -0.438. The molecule has 1 saturated heterocycles. The molecule has 1 amide bonds. The molecule has 96 valence electrons. The van der Waals surface area contributed by atoms with Gasteiger partial charge in [0.1, 0.15) is 0 Å². The van der Waals surface area contributed by atoms with E-state index in [0.29, 0.717) is 5.56 Å². The van der Waals surface area contributed by atoms with Gasteiger partial charge in [-0.1, -0.05) is 0 Å². The molecule has 2 unspecified atom stereocenters. The summed E-state index contributed by atoms with van der Waals surface area (Å²) in [7, 11) is 0. The third-order valence-corrected chi connectivity index (χ3v) is 2.93. The van der Waals surface area contributed by atoms with Gasteiger partial charge in [-0.3, -0.25) is 4.79 Å². The molecular formula is C12H13NO5. The second kappa shape index (κ2) is 4.75. The van der Waals surface area contributed by atoms with Crippen molar-refractivity contribution < 1.29 is 24.9 Å². The van der Waals surface area contributed by atoms with Crippen LogP contribution in [0.15, 0.2) is 24.3 Å². The molecule has 1 aliphatic heterocycles. The number of carboxylic acids is 1. The number of likely N-dealkylation sites (tertiary alicyclic amines) is 1. The predicted molar refractivity (Wildman–Crippen MR) is 61.3 cm³/mol. The fourth-order valence-corrected chi connectivity index (χ4v) is 1.87. The van der Waals surface area contributed by atoms with Crippen LogP contribution in [-0.4, -0.2) is 57.4 Å². The van der Waals surface area contributed by atoms with Crippen LogP contribution in [0.5, 0.6) is 0 Å². The first kappa shape index (κ1) is 12.5. The molecule has 0 spiro atoms. The van der Waals surface area contributed by atoms with Gasteiger partial charge in [-0.25, -0.2) is 4.79 Å². The number of aromatic carboxylic acids is 1. The molecular weight excluding hydrogens is 238 g/mol. The zero-order valence-electron chi connectivity index (χ0n) is 9.48. The topological polar surface area (TPSA) is 98.1 Å². The van der Waals surface area contributed by atoms with E-state index in [-0.39, 0.29) is 24.6 Å². The van der Waals surface area contributed by atoms with E-state index in [1.54, 1.807) is 0 Å². The van der Waals surface area contributed by atoms with Crippen molar-refractivity contribution in [2.24, 2.45) is 0 Å². The lowest BCUT2D eigenvalue weighted by molar-refractivity contribution is 0.0572. The number of β-amino-alcohol motifs (C(OH)–C–C–N with tert-alkyl or cyclic N) is 2. The summed E-state index contributed by atoms with van der Waals surface area (Å²) in [6.45, 7) is 0.168. The van der Waals surface area contributed by atoms with E-state index in [1.807, 2.05) is 0 Å². The van der Waals surface area contributed by atoms with Crippen LogP contribution >= 0.6 is 0 Å². The SMILES string of the molecule is O=C(O)c1ccc(C(=O)N2CC(O)C(O)C2)cc1. The van der Waals surface area contributed by atoms with Crippen molar-refractivity contribution in [1.82, 2.24) is 4.90 Å². The lowest BCUT2D eigenvalue weighted by Gasteiger charge is -2.15. The number of carbonyl (C=O) groups excluding carboxylic acids is 1. The number of aliphatic hydroxyl groups is 2. The molecule has 0 aromatic heterocycles. The van der Waals surface area contributed by atoms with Gasteiger partial charge in [-0.2, -0.15) is 0 Å². The van der Waals surface area contributed by atoms with E-state index >= 15 is 0 Å². The highest BCUT2D eigenvalue weighted by molar-refractivity contribution is 5.96. The Morgan fingerprint density at radius 3 is 1.89 bits per heavy atom. The maximum absolute atomic E-state index is 12.0. The zero-order valence-corrected chi connectivity index (χ0v) is 9.48. The molecule has 0 aliphatic carbocycles. The third kappa shape index (κ3) is 2.34. The van der Waals surface area contributed by atoms with Crippen LogP contribution in [0.3, 0.4) is 0 Å². The highest BCUT2D eigenvalue weighted by atomic mass is 16.4. The Labute approximate surface area is 103 Å². The number of carbonyl (C=O) groups is 2. The van der Waals surface area contributed by atoms with E-state index in [9.17, 15) is 19.8 Å². The molecule has 1 aromatic rings. The second-order valence-electron chi connectivity index (χ2n) is 4.23. The average molecular weight is 251 g/mol. The van der Waals surface area contributed by atoms with Crippen molar-refractivity contribution in [1.29, 1.82) is 0 Å². The number of carboxylic acid groups (broad SMARTS) is 1. The lowest BCUT2D eigenvalue weighted by Crippen LogP contribution is -2.29. The van der Waals surface area contributed by atoms with Crippen molar-refractivity contribution >= 4 is 11.9 Å². The molecule has 2 rings (SSSR count). The van der Waals surface area contributed by atoms with E-state index in [1.165, 1.54) is 29.2 Å². The summed E-state index contributed by atoms with van der Waals surface area (Å²) < 4.78 is 0. The van der Waals surface area contributed by atoms with Crippen molar-refractivity contribution in [2.75, 3.05) is 13.1 Å². The summed E-state index contributed by atoms with van der Waals surface area (Å²) >= 11 is 0. The first-order valence-electron chi connectivity index (χ1n) is 5.48. The number of hydrogen-bond donors (Lipinski definition) is 3. The Morgan fingerprint density at radius 2 is 1.44 bits per heavy atom. The van der Waals surface area contributed by atoms with Gasteiger partial charge in [0.05, 0.1) is 17.8 Å². The molecule has 3 N–H and O–H groups in total. The highest BCUT2D eigenvalue weighted by Gasteiger charge is 2.32. The summed E-state index contributed by atoms with van der Waals surface area (Å²) in [5, 5.41) is 27.5. The second-order valence-corrected chi connectivity index (χ2v) is 4.23. The van der Waals surface area contributed by atoms with E-state index < -0.39 is 18.2 Å². The Hall–Kier alpha value is -1.92. The van der Waals surface area contributed by atoms with Crippen molar-refractivity contribution in [3.05, 3.63) is 35.4 Å². The van der Waals surface area contributed by atoms with Crippen LogP contribution in [0, 0.1) is 0 Å². The van der Waals surface area contributed by atoms with Crippen LogP contribution in [0.1, 0.15) is 20.7 Å². The maximum atomic E-state index is 12.0. The number of aliphatic hydroxyl groups excluding tert-OH is 2. The molecule has 0 radical (unpaired) electrons. The van der Waals surface area contributed by atoms with Gasteiger partial charge in [-0.05, 0) is 24.3 Å². The maximum Gasteiger partial charge on any atom is 0.335 e. The van der Waals surface area contributed by atoms with Crippen LogP contribution in [0.4, 0.5) is 0 Å². The molecule has 0 saturated carbocycles. The number of nitrogens with zero attached hydrogens (tertiary/aromatic N) is 1. The Balaban J connectivity index is 2.12. The molecule has 18 heavy (non-hydrogen) atoms. The van der Waals surface area contributed by atoms with Gasteiger partial charge in [0, 0.05) is 18.7 Å². The minimum atomic E-state index is -1.05.